The fourth-order valence-electron chi connectivity index (χ4n) is 3.14. The highest BCUT2D eigenvalue weighted by Crippen LogP contribution is 2.33. The Morgan fingerprint density at radius 3 is 2.39 bits per heavy atom. The van der Waals surface area contributed by atoms with E-state index < -0.39 is 0 Å². The number of hydrogen-bond acceptors (Lipinski definition) is 2. The largest absolute Gasteiger partial charge is 0.350 e. The Bertz CT molecular complexity index is 351. The van der Waals surface area contributed by atoms with E-state index in [-0.39, 0.29) is 5.54 Å². The lowest BCUT2D eigenvalue weighted by molar-refractivity contribution is 0.409. The van der Waals surface area contributed by atoms with E-state index in [1.807, 2.05) is 6.20 Å². The quantitative estimate of drug-likeness (QED) is 0.811. The standard InChI is InChI=1S/C15H27N3/c1-4-15(5-2,6-3)17-14-16-11-12-18(14)13-9-7-8-10-13/h11-13H,4-10H2,1-3H3,(H,16,17). The summed E-state index contributed by atoms with van der Waals surface area (Å²) in [5, 5.41) is 3.72. The van der Waals surface area contributed by atoms with Crippen LogP contribution in [0.3, 0.4) is 0 Å². The monoisotopic (exact) mass is 249 g/mol. The molecule has 1 aromatic heterocycles. The van der Waals surface area contributed by atoms with Crippen LogP contribution in [0.15, 0.2) is 12.4 Å². The molecule has 0 bridgehead atoms. The molecule has 1 aliphatic rings. The summed E-state index contributed by atoms with van der Waals surface area (Å²) < 4.78 is 2.36. The molecule has 1 fully saturated rings. The summed E-state index contributed by atoms with van der Waals surface area (Å²) in [7, 11) is 0. The summed E-state index contributed by atoms with van der Waals surface area (Å²) in [5.74, 6) is 1.08. The Balaban J connectivity index is 2.15. The lowest BCUT2D eigenvalue weighted by Crippen LogP contribution is -2.37. The van der Waals surface area contributed by atoms with E-state index in [0.717, 1.165) is 25.2 Å². The number of aromatic nitrogens is 2. The third-order valence-electron chi connectivity index (χ3n) is 4.79. The van der Waals surface area contributed by atoms with Crippen molar-refractivity contribution in [3.05, 3.63) is 12.4 Å². The van der Waals surface area contributed by atoms with Crippen molar-refractivity contribution in [2.24, 2.45) is 0 Å². The smallest absolute Gasteiger partial charge is 0.203 e. The molecule has 18 heavy (non-hydrogen) atoms. The summed E-state index contributed by atoms with van der Waals surface area (Å²) in [6.45, 7) is 6.80. The zero-order valence-electron chi connectivity index (χ0n) is 12.1. The van der Waals surface area contributed by atoms with Crippen molar-refractivity contribution in [3.8, 4) is 0 Å². The molecule has 0 aliphatic heterocycles. The van der Waals surface area contributed by atoms with Crippen LogP contribution < -0.4 is 5.32 Å². The maximum Gasteiger partial charge on any atom is 0.203 e. The van der Waals surface area contributed by atoms with Crippen LogP contribution in [-0.2, 0) is 0 Å². The van der Waals surface area contributed by atoms with Gasteiger partial charge in [0.2, 0.25) is 5.95 Å². The molecule has 0 aromatic carbocycles. The molecule has 1 N–H and O–H groups in total. The van der Waals surface area contributed by atoms with E-state index in [1.165, 1.54) is 25.7 Å². The highest BCUT2D eigenvalue weighted by Gasteiger charge is 2.27. The Hall–Kier alpha value is -0.990. The van der Waals surface area contributed by atoms with Crippen molar-refractivity contribution in [1.29, 1.82) is 0 Å². The van der Waals surface area contributed by atoms with Crippen LogP contribution in [0.2, 0.25) is 0 Å². The Kier molecular flexibility index (Phi) is 4.31. The van der Waals surface area contributed by atoms with Crippen molar-refractivity contribution in [1.82, 2.24) is 9.55 Å². The highest BCUT2D eigenvalue weighted by molar-refractivity contribution is 5.31. The van der Waals surface area contributed by atoms with E-state index in [4.69, 9.17) is 0 Å². The fourth-order valence-corrected chi connectivity index (χ4v) is 3.14. The Morgan fingerprint density at radius 1 is 1.22 bits per heavy atom. The molecule has 3 heteroatoms. The topological polar surface area (TPSA) is 29.9 Å². The maximum atomic E-state index is 4.54. The zero-order chi connectivity index (χ0) is 13.0. The average Bonchev–Trinajstić information content (AvgIpc) is 3.06. The molecule has 0 unspecified atom stereocenters. The molecule has 0 amide bonds. The number of anilines is 1. The Morgan fingerprint density at radius 2 is 1.83 bits per heavy atom. The number of hydrogen-bond donors (Lipinski definition) is 1. The first-order chi connectivity index (χ1) is 8.74. The van der Waals surface area contributed by atoms with E-state index >= 15 is 0 Å². The predicted octanol–water partition coefficient (Wildman–Crippen LogP) is 4.38. The molecule has 2 rings (SSSR count). The molecule has 0 spiro atoms. The van der Waals surface area contributed by atoms with Crippen LogP contribution in [0.4, 0.5) is 5.95 Å². The summed E-state index contributed by atoms with van der Waals surface area (Å²) in [6.07, 6.45) is 12.9. The Labute approximate surface area is 111 Å². The SMILES string of the molecule is CCC(CC)(CC)Nc1nccn1C1CCCC1. The second-order valence-electron chi connectivity index (χ2n) is 5.56. The zero-order valence-corrected chi connectivity index (χ0v) is 12.1. The van der Waals surface area contributed by atoms with Crippen molar-refractivity contribution >= 4 is 5.95 Å². The molecule has 1 heterocycles. The third-order valence-corrected chi connectivity index (χ3v) is 4.79. The van der Waals surface area contributed by atoms with Crippen LogP contribution >= 0.6 is 0 Å². The molecule has 1 aliphatic carbocycles. The molecule has 3 nitrogen and oxygen atoms in total. The second-order valence-corrected chi connectivity index (χ2v) is 5.56. The van der Waals surface area contributed by atoms with Gasteiger partial charge in [-0.25, -0.2) is 4.98 Å². The molecule has 1 saturated carbocycles. The van der Waals surface area contributed by atoms with Crippen molar-refractivity contribution < 1.29 is 0 Å². The molecule has 0 radical (unpaired) electrons. The molecule has 102 valence electrons. The van der Waals surface area contributed by atoms with Gasteiger partial charge in [-0.05, 0) is 32.1 Å². The lowest BCUT2D eigenvalue weighted by Gasteiger charge is -2.33. The van der Waals surface area contributed by atoms with Crippen LogP contribution in [0.5, 0.6) is 0 Å². The minimum atomic E-state index is 0.210. The van der Waals surface area contributed by atoms with Gasteiger partial charge >= 0.3 is 0 Å². The van der Waals surface area contributed by atoms with E-state index in [0.29, 0.717) is 6.04 Å². The number of rotatable bonds is 6. The summed E-state index contributed by atoms with van der Waals surface area (Å²) in [4.78, 5) is 4.54. The van der Waals surface area contributed by atoms with Gasteiger partial charge in [-0.1, -0.05) is 33.6 Å². The average molecular weight is 249 g/mol. The third kappa shape index (κ3) is 2.55. The van der Waals surface area contributed by atoms with Crippen molar-refractivity contribution in [2.45, 2.75) is 77.3 Å². The summed E-state index contributed by atoms with van der Waals surface area (Å²) in [6, 6.07) is 0.665. The summed E-state index contributed by atoms with van der Waals surface area (Å²) in [5.41, 5.74) is 0.210. The van der Waals surface area contributed by atoms with Crippen LogP contribution in [0, 0.1) is 0 Å². The van der Waals surface area contributed by atoms with Gasteiger partial charge in [0, 0.05) is 24.0 Å². The van der Waals surface area contributed by atoms with Crippen molar-refractivity contribution in [3.63, 3.8) is 0 Å². The molecule has 0 atom stereocenters. The minimum Gasteiger partial charge on any atom is -0.350 e. The number of nitrogens with zero attached hydrogens (tertiary/aromatic N) is 2. The van der Waals surface area contributed by atoms with Crippen LogP contribution in [-0.4, -0.2) is 15.1 Å². The molecule has 1 aromatic rings. The van der Waals surface area contributed by atoms with Gasteiger partial charge in [-0.2, -0.15) is 0 Å². The minimum absolute atomic E-state index is 0.210. The van der Waals surface area contributed by atoms with Gasteiger partial charge in [0.15, 0.2) is 0 Å². The first-order valence-corrected chi connectivity index (χ1v) is 7.55. The van der Waals surface area contributed by atoms with Crippen molar-refractivity contribution in [2.75, 3.05) is 5.32 Å². The second kappa shape index (κ2) is 5.77. The fraction of sp³-hybridized carbons (Fsp3) is 0.800. The van der Waals surface area contributed by atoms with Gasteiger partial charge in [-0.3, -0.25) is 0 Å². The van der Waals surface area contributed by atoms with Crippen LogP contribution in [0.25, 0.3) is 0 Å². The van der Waals surface area contributed by atoms with E-state index in [2.05, 4.69) is 41.8 Å². The van der Waals surface area contributed by atoms with E-state index in [1.54, 1.807) is 0 Å². The maximum absolute atomic E-state index is 4.54. The first-order valence-electron chi connectivity index (χ1n) is 7.55. The van der Waals surface area contributed by atoms with Gasteiger partial charge in [-0.15, -0.1) is 0 Å². The van der Waals surface area contributed by atoms with E-state index in [9.17, 15) is 0 Å². The van der Waals surface area contributed by atoms with Crippen LogP contribution in [0.1, 0.15) is 71.8 Å². The lowest BCUT2D eigenvalue weighted by atomic mass is 9.90. The summed E-state index contributed by atoms with van der Waals surface area (Å²) >= 11 is 0. The van der Waals surface area contributed by atoms with Gasteiger partial charge < -0.3 is 9.88 Å². The normalized spacial score (nSPS) is 17.3. The van der Waals surface area contributed by atoms with Gasteiger partial charge in [0.1, 0.15) is 0 Å². The highest BCUT2D eigenvalue weighted by atomic mass is 15.2. The molecule has 0 saturated heterocycles. The molecular formula is C15H27N3. The first kappa shape index (κ1) is 13.4. The number of imidazole rings is 1. The predicted molar refractivity (Wildman–Crippen MR) is 77.0 cm³/mol. The molecular weight excluding hydrogens is 222 g/mol. The number of nitrogens with one attached hydrogen (secondary N) is 1. The van der Waals surface area contributed by atoms with Gasteiger partial charge in [0.05, 0.1) is 0 Å². The van der Waals surface area contributed by atoms with Gasteiger partial charge in [0.25, 0.3) is 0 Å².